The van der Waals surface area contributed by atoms with Crippen LogP contribution in [0.3, 0.4) is 0 Å². The summed E-state index contributed by atoms with van der Waals surface area (Å²) in [5, 5.41) is 6.30. The maximum atomic E-state index is 11.7. The van der Waals surface area contributed by atoms with Gasteiger partial charge < -0.3 is 15.4 Å². The number of ether oxygens (including phenoxy) is 1. The zero-order valence-electron chi connectivity index (χ0n) is 11.2. The second-order valence-corrected chi connectivity index (χ2v) is 5.58. The van der Waals surface area contributed by atoms with Gasteiger partial charge in [0.05, 0.1) is 13.0 Å². The summed E-state index contributed by atoms with van der Waals surface area (Å²) in [4.78, 5) is 11.7. The van der Waals surface area contributed by atoms with Gasteiger partial charge in [-0.3, -0.25) is 4.79 Å². The Bertz CT molecular complexity index is 425. The number of piperidine rings is 1. The van der Waals surface area contributed by atoms with E-state index in [0.717, 1.165) is 36.2 Å². The van der Waals surface area contributed by atoms with Crippen LogP contribution in [0.5, 0.6) is 5.75 Å². The molecule has 20 heavy (non-hydrogen) atoms. The molecule has 1 atom stereocenters. The average molecular weight is 364 g/mol. The third-order valence-corrected chi connectivity index (χ3v) is 3.55. The number of rotatable bonds is 5. The van der Waals surface area contributed by atoms with Crippen LogP contribution in [0, 0.1) is 0 Å². The van der Waals surface area contributed by atoms with Gasteiger partial charge in [-0.05, 0) is 37.6 Å². The van der Waals surface area contributed by atoms with E-state index >= 15 is 0 Å². The standard InChI is InChI=1S/C14H19BrN2O2.ClH/c15-11-3-1-5-13(9-11)19-8-6-14(18)17-12-4-2-7-16-10-12;/h1,3,5,9,12,16H,2,4,6-8,10H2,(H,17,18);1H. The van der Waals surface area contributed by atoms with Gasteiger partial charge in [0.2, 0.25) is 5.91 Å². The van der Waals surface area contributed by atoms with E-state index in [2.05, 4.69) is 26.6 Å². The van der Waals surface area contributed by atoms with E-state index in [9.17, 15) is 4.79 Å². The Hall–Kier alpha value is -0.780. The second kappa shape index (κ2) is 9.21. The monoisotopic (exact) mass is 362 g/mol. The Morgan fingerprint density at radius 2 is 2.35 bits per heavy atom. The second-order valence-electron chi connectivity index (χ2n) is 4.67. The van der Waals surface area contributed by atoms with Gasteiger partial charge in [0.15, 0.2) is 0 Å². The predicted molar refractivity (Wildman–Crippen MR) is 85.5 cm³/mol. The summed E-state index contributed by atoms with van der Waals surface area (Å²) in [5.41, 5.74) is 0. The third-order valence-electron chi connectivity index (χ3n) is 3.06. The molecule has 1 aromatic rings. The number of hydrogen-bond donors (Lipinski definition) is 2. The van der Waals surface area contributed by atoms with Crippen molar-refractivity contribution in [2.24, 2.45) is 0 Å². The molecule has 0 radical (unpaired) electrons. The lowest BCUT2D eigenvalue weighted by Crippen LogP contribution is -2.45. The summed E-state index contributed by atoms with van der Waals surface area (Å²) in [6, 6.07) is 7.89. The number of amides is 1. The highest BCUT2D eigenvalue weighted by molar-refractivity contribution is 9.10. The summed E-state index contributed by atoms with van der Waals surface area (Å²) in [5.74, 6) is 0.838. The van der Waals surface area contributed by atoms with Gasteiger partial charge in [0, 0.05) is 17.1 Å². The van der Waals surface area contributed by atoms with Crippen LogP contribution in [0.15, 0.2) is 28.7 Å². The van der Waals surface area contributed by atoms with Crippen LogP contribution in [0.25, 0.3) is 0 Å². The molecule has 1 aliphatic heterocycles. The molecule has 4 nitrogen and oxygen atoms in total. The molecular formula is C14H20BrClN2O2. The van der Waals surface area contributed by atoms with Crippen molar-refractivity contribution in [2.75, 3.05) is 19.7 Å². The highest BCUT2D eigenvalue weighted by Gasteiger charge is 2.14. The maximum absolute atomic E-state index is 11.7. The lowest BCUT2D eigenvalue weighted by Gasteiger charge is -2.23. The minimum absolute atomic E-state index is 0. The summed E-state index contributed by atoms with van der Waals surface area (Å²) >= 11 is 3.38. The quantitative estimate of drug-likeness (QED) is 0.845. The minimum atomic E-state index is 0. The molecule has 1 saturated heterocycles. The van der Waals surface area contributed by atoms with Crippen LogP contribution >= 0.6 is 28.3 Å². The number of benzene rings is 1. The molecule has 2 rings (SSSR count). The number of halogens is 2. The molecule has 1 unspecified atom stereocenters. The fourth-order valence-corrected chi connectivity index (χ4v) is 2.47. The Kier molecular flexibility index (Phi) is 7.95. The van der Waals surface area contributed by atoms with Gasteiger partial charge in [0.25, 0.3) is 0 Å². The zero-order chi connectivity index (χ0) is 13.5. The highest BCUT2D eigenvalue weighted by atomic mass is 79.9. The van der Waals surface area contributed by atoms with E-state index < -0.39 is 0 Å². The van der Waals surface area contributed by atoms with E-state index in [1.807, 2.05) is 24.3 Å². The molecule has 0 aliphatic carbocycles. The minimum Gasteiger partial charge on any atom is -0.493 e. The van der Waals surface area contributed by atoms with Gasteiger partial charge in [-0.2, -0.15) is 0 Å². The highest BCUT2D eigenvalue weighted by Crippen LogP contribution is 2.17. The average Bonchev–Trinajstić information content (AvgIpc) is 2.40. The topological polar surface area (TPSA) is 50.4 Å². The molecule has 112 valence electrons. The molecule has 6 heteroatoms. The fourth-order valence-electron chi connectivity index (χ4n) is 2.09. The van der Waals surface area contributed by atoms with Crippen molar-refractivity contribution >= 4 is 34.2 Å². The fraction of sp³-hybridized carbons (Fsp3) is 0.500. The van der Waals surface area contributed by atoms with E-state index in [4.69, 9.17) is 4.74 Å². The molecule has 1 heterocycles. The molecule has 1 fully saturated rings. The molecule has 2 N–H and O–H groups in total. The van der Waals surface area contributed by atoms with Crippen molar-refractivity contribution in [3.8, 4) is 5.75 Å². The van der Waals surface area contributed by atoms with E-state index in [1.165, 1.54) is 0 Å². The Morgan fingerprint density at radius 1 is 1.50 bits per heavy atom. The smallest absolute Gasteiger partial charge is 0.223 e. The SMILES string of the molecule is Cl.O=C(CCOc1cccc(Br)c1)NC1CCCNC1. The van der Waals surface area contributed by atoms with Gasteiger partial charge in [-0.15, -0.1) is 12.4 Å². The van der Waals surface area contributed by atoms with E-state index in [-0.39, 0.29) is 24.4 Å². The Labute approximate surface area is 134 Å². The van der Waals surface area contributed by atoms with Crippen LogP contribution in [0.1, 0.15) is 19.3 Å². The van der Waals surface area contributed by atoms with Crippen molar-refractivity contribution in [1.82, 2.24) is 10.6 Å². The third kappa shape index (κ3) is 6.11. The van der Waals surface area contributed by atoms with Gasteiger partial charge in [0.1, 0.15) is 5.75 Å². The lowest BCUT2D eigenvalue weighted by molar-refractivity contribution is -0.122. The molecule has 0 bridgehead atoms. The van der Waals surface area contributed by atoms with Crippen LogP contribution in [-0.4, -0.2) is 31.6 Å². The summed E-state index contributed by atoms with van der Waals surface area (Å²) < 4.78 is 6.51. The predicted octanol–water partition coefficient (Wildman–Crippen LogP) is 2.51. The van der Waals surface area contributed by atoms with Crippen LogP contribution in [0.2, 0.25) is 0 Å². The molecule has 1 aromatic carbocycles. The largest absolute Gasteiger partial charge is 0.493 e. The summed E-state index contributed by atoms with van der Waals surface area (Å²) in [7, 11) is 0. The molecule has 0 saturated carbocycles. The first-order valence-electron chi connectivity index (χ1n) is 6.62. The van der Waals surface area contributed by atoms with Gasteiger partial charge in [-0.25, -0.2) is 0 Å². The normalized spacial score (nSPS) is 17.9. The first-order chi connectivity index (χ1) is 9.24. The first-order valence-corrected chi connectivity index (χ1v) is 7.42. The summed E-state index contributed by atoms with van der Waals surface area (Å²) in [6.07, 6.45) is 2.58. The van der Waals surface area contributed by atoms with Crippen LogP contribution in [0.4, 0.5) is 0 Å². The number of carbonyl (C=O) groups is 1. The van der Waals surface area contributed by atoms with Gasteiger partial charge in [-0.1, -0.05) is 22.0 Å². The first kappa shape index (κ1) is 17.3. The number of nitrogens with one attached hydrogen (secondary N) is 2. The molecular weight excluding hydrogens is 344 g/mol. The molecule has 1 amide bonds. The molecule has 1 aliphatic rings. The number of hydrogen-bond acceptors (Lipinski definition) is 3. The van der Waals surface area contributed by atoms with Crippen LogP contribution < -0.4 is 15.4 Å². The van der Waals surface area contributed by atoms with Crippen molar-refractivity contribution < 1.29 is 9.53 Å². The Morgan fingerprint density at radius 3 is 3.05 bits per heavy atom. The summed E-state index contributed by atoms with van der Waals surface area (Å²) in [6.45, 7) is 2.33. The van der Waals surface area contributed by atoms with E-state index in [1.54, 1.807) is 0 Å². The Balaban J connectivity index is 0.00000200. The van der Waals surface area contributed by atoms with E-state index in [0.29, 0.717) is 13.0 Å². The molecule has 0 spiro atoms. The lowest BCUT2D eigenvalue weighted by atomic mass is 10.1. The molecule has 0 aromatic heterocycles. The van der Waals surface area contributed by atoms with Crippen molar-refractivity contribution in [3.63, 3.8) is 0 Å². The zero-order valence-corrected chi connectivity index (χ0v) is 13.6. The number of carbonyl (C=O) groups excluding carboxylic acids is 1. The van der Waals surface area contributed by atoms with Crippen molar-refractivity contribution in [3.05, 3.63) is 28.7 Å². The maximum Gasteiger partial charge on any atom is 0.223 e. The van der Waals surface area contributed by atoms with Gasteiger partial charge >= 0.3 is 0 Å². The van der Waals surface area contributed by atoms with Crippen molar-refractivity contribution in [2.45, 2.75) is 25.3 Å². The van der Waals surface area contributed by atoms with Crippen LogP contribution in [-0.2, 0) is 4.79 Å². The van der Waals surface area contributed by atoms with Crippen molar-refractivity contribution in [1.29, 1.82) is 0 Å².